The molecule has 0 radical (unpaired) electrons. The summed E-state index contributed by atoms with van der Waals surface area (Å²) in [5, 5.41) is 4.67. The van der Waals surface area contributed by atoms with Gasteiger partial charge in [-0.2, -0.15) is 0 Å². The first-order chi connectivity index (χ1) is 10.4. The molecular formula is C20H42NNa. The molecule has 0 rings (SSSR count). The Balaban J connectivity index is 0. The van der Waals surface area contributed by atoms with Crippen LogP contribution in [0.2, 0.25) is 0 Å². The Morgan fingerprint density at radius 3 is 1.00 bits per heavy atom. The second-order valence-corrected chi connectivity index (χ2v) is 6.62. The van der Waals surface area contributed by atoms with Crippen molar-refractivity contribution in [2.75, 3.05) is 13.1 Å². The van der Waals surface area contributed by atoms with Crippen molar-refractivity contribution in [1.29, 1.82) is 0 Å². The maximum atomic E-state index is 4.67. The quantitative estimate of drug-likeness (QED) is 0.258. The van der Waals surface area contributed by atoms with Crippen LogP contribution in [0.3, 0.4) is 0 Å². The zero-order valence-corrected chi connectivity index (χ0v) is 18.2. The van der Waals surface area contributed by atoms with Crippen LogP contribution in [0.1, 0.15) is 117 Å². The molecule has 0 aliphatic rings. The molecular weight excluding hydrogens is 277 g/mol. The van der Waals surface area contributed by atoms with Gasteiger partial charge in [-0.3, -0.25) is 0 Å². The molecule has 0 aliphatic carbocycles. The maximum Gasteiger partial charge on any atom is 1.00 e. The van der Waals surface area contributed by atoms with Gasteiger partial charge >= 0.3 is 29.6 Å². The first-order valence-electron chi connectivity index (χ1n) is 10.0. The van der Waals surface area contributed by atoms with Crippen LogP contribution < -0.4 is 29.6 Å². The molecule has 0 N–H and O–H groups in total. The van der Waals surface area contributed by atoms with E-state index in [1.807, 2.05) is 0 Å². The van der Waals surface area contributed by atoms with E-state index >= 15 is 0 Å². The predicted molar refractivity (Wildman–Crippen MR) is 98.3 cm³/mol. The van der Waals surface area contributed by atoms with Gasteiger partial charge in [0.15, 0.2) is 0 Å². The smallest absolute Gasteiger partial charge is 0.662 e. The average molecular weight is 320 g/mol. The molecule has 0 aliphatic heterocycles. The van der Waals surface area contributed by atoms with E-state index in [9.17, 15) is 0 Å². The van der Waals surface area contributed by atoms with Gasteiger partial charge in [0.05, 0.1) is 0 Å². The molecule has 0 bridgehead atoms. The van der Waals surface area contributed by atoms with Crippen LogP contribution in [-0.2, 0) is 0 Å². The van der Waals surface area contributed by atoms with Gasteiger partial charge in [-0.1, -0.05) is 117 Å². The van der Waals surface area contributed by atoms with Crippen molar-refractivity contribution in [2.45, 2.75) is 117 Å². The van der Waals surface area contributed by atoms with E-state index < -0.39 is 0 Å². The third-order valence-corrected chi connectivity index (χ3v) is 4.34. The minimum Gasteiger partial charge on any atom is -0.662 e. The number of unbranched alkanes of at least 4 members (excludes halogenated alkanes) is 14. The topological polar surface area (TPSA) is 14.1 Å². The molecule has 0 fully saturated rings. The van der Waals surface area contributed by atoms with Crippen molar-refractivity contribution in [1.82, 2.24) is 0 Å². The predicted octanol–water partition coefficient (Wildman–Crippen LogP) is 4.65. The molecule has 0 saturated carbocycles. The second kappa shape index (κ2) is 24.2. The largest absolute Gasteiger partial charge is 1.00 e. The SMILES string of the molecule is CCCCCCCCCC[N-]CCCCCCCCCC.[Na+]. The van der Waals surface area contributed by atoms with Crippen molar-refractivity contribution < 1.29 is 29.6 Å². The minimum absolute atomic E-state index is 0. The molecule has 0 aromatic rings. The third-order valence-electron chi connectivity index (χ3n) is 4.34. The fourth-order valence-electron chi connectivity index (χ4n) is 2.83. The van der Waals surface area contributed by atoms with E-state index in [0.717, 1.165) is 13.1 Å². The first kappa shape index (κ1) is 25.2. The zero-order chi connectivity index (χ0) is 15.4. The van der Waals surface area contributed by atoms with Gasteiger partial charge in [-0.25, -0.2) is 0 Å². The molecule has 2 heteroatoms. The molecule has 0 heterocycles. The van der Waals surface area contributed by atoms with Crippen LogP contribution in [0.4, 0.5) is 0 Å². The summed E-state index contributed by atoms with van der Waals surface area (Å²) in [6.07, 6.45) is 22.5. The molecule has 0 aromatic heterocycles. The maximum absolute atomic E-state index is 4.67. The number of nitrogens with zero attached hydrogens (tertiary/aromatic N) is 1. The van der Waals surface area contributed by atoms with Crippen molar-refractivity contribution in [3.63, 3.8) is 0 Å². The monoisotopic (exact) mass is 319 g/mol. The molecule has 1 nitrogen and oxygen atoms in total. The normalized spacial score (nSPS) is 10.6. The van der Waals surface area contributed by atoms with E-state index in [0.29, 0.717) is 0 Å². The van der Waals surface area contributed by atoms with Gasteiger partial charge < -0.3 is 5.32 Å². The van der Waals surface area contributed by atoms with E-state index in [-0.39, 0.29) is 29.6 Å². The summed E-state index contributed by atoms with van der Waals surface area (Å²) in [5.74, 6) is 0. The summed E-state index contributed by atoms with van der Waals surface area (Å²) in [6.45, 7) is 6.80. The van der Waals surface area contributed by atoms with Crippen molar-refractivity contribution in [2.24, 2.45) is 0 Å². The van der Waals surface area contributed by atoms with Gasteiger partial charge in [-0.15, -0.1) is 13.1 Å². The fourth-order valence-corrected chi connectivity index (χ4v) is 2.83. The fraction of sp³-hybridized carbons (Fsp3) is 1.00. The van der Waals surface area contributed by atoms with Crippen molar-refractivity contribution in [3.8, 4) is 0 Å². The van der Waals surface area contributed by atoms with E-state index in [1.54, 1.807) is 0 Å². The number of hydrogen-bond donors (Lipinski definition) is 0. The van der Waals surface area contributed by atoms with Crippen molar-refractivity contribution in [3.05, 3.63) is 5.32 Å². The Kier molecular flexibility index (Phi) is 27.7. The van der Waals surface area contributed by atoms with Crippen LogP contribution in [0.5, 0.6) is 0 Å². The summed E-state index contributed by atoms with van der Waals surface area (Å²) in [5.41, 5.74) is 0. The van der Waals surface area contributed by atoms with Crippen LogP contribution >= 0.6 is 0 Å². The van der Waals surface area contributed by atoms with Crippen molar-refractivity contribution >= 4 is 0 Å². The molecule has 0 unspecified atom stereocenters. The van der Waals surface area contributed by atoms with Gasteiger partial charge in [-0.05, 0) is 0 Å². The van der Waals surface area contributed by atoms with Gasteiger partial charge in [0.25, 0.3) is 0 Å². The summed E-state index contributed by atoms with van der Waals surface area (Å²) in [4.78, 5) is 0. The molecule has 128 valence electrons. The van der Waals surface area contributed by atoms with Gasteiger partial charge in [0.1, 0.15) is 0 Å². The molecule has 0 aromatic carbocycles. The van der Waals surface area contributed by atoms with E-state index in [2.05, 4.69) is 19.2 Å². The first-order valence-corrected chi connectivity index (χ1v) is 10.0. The molecule has 0 saturated heterocycles. The number of hydrogen-bond acceptors (Lipinski definition) is 0. The van der Waals surface area contributed by atoms with Crippen LogP contribution in [0, 0.1) is 0 Å². The third kappa shape index (κ3) is 23.2. The Bertz CT molecular complexity index is 155. The Morgan fingerprint density at radius 1 is 0.409 bits per heavy atom. The van der Waals surface area contributed by atoms with Crippen LogP contribution in [-0.4, -0.2) is 13.1 Å². The van der Waals surface area contributed by atoms with E-state index in [1.165, 1.54) is 103 Å². The molecule has 22 heavy (non-hydrogen) atoms. The second-order valence-electron chi connectivity index (χ2n) is 6.62. The summed E-state index contributed by atoms with van der Waals surface area (Å²) >= 11 is 0. The Morgan fingerprint density at radius 2 is 0.682 bits per heavy atom. The average Bonchev–Trinajstić information content (AvgIpc) is 2.50. The van der Waals surface area contributed by atoms with Crippen LogP contribution in [0.25, 0.3) is 5.32 Å². The summed E-state index contributed by atoms with van der Waals surface area (Å²) in [6, 6.07) is 0. The molecule has 0 atom stereocenters. The Hall–Kier alpha value is 0.960. The molecule has 0 amide bonds. The number of rotatable bonds is 18. The Labute approximate surface area is 164 Å². The standard InChI is InChI=1S/C20H42N.Na/c1-3-5-7-9-11-13-15-17-19-21-20-18-16-14-12-10-8-6-4-2;/h3-20H2,1-2H3;/q-1;+1. The summed E-state index contributed by atoms with van der Waals surface area (Å²) in [7, 11) is 0. The summed E-state index contributed by atoms with van der Waals surface area (Å²) < 4.78 is 0. The van der Waals surface area contributed by atoms with Gasteiger partial charge in [0.2, 0.25) is 0 Å². The van der Waals surface area contributed by atoms with Gasteiger partial charge in [0, 0.05) is 0 Å². The molecule has 0 spiro atoms. The van der Waals surface area contributed by atoms with Crippen LogP contribution in [0.15, 0.2) is 0 Å². The van der Waals surface area contributed by atoms with E-state index in [4.69, 9.17) is 0 Å². The minimum atomic E-state index is 0. The zero-order valence-electron chi connectivity index (χ0n) is 16.2.